The number of benzene rings is 1. The molecular weight excluding hydrogens is 357 g/mol. The molecule has 0 unspecified atom stereocenters. The van der Waals surface area contributed by atoms with E-state index in [9.17, 15) is 13.2 Å². The van der Waals surface area contributed by atoms with E-state index in [4.69, 9.17) is 0 Å². The molecule has 0 saturated carbocycles. The van der Waals surface area contributed by atoms with Crippen molar-refractivity contribution < 1.29 is 13.2 Å². The lowest BCUT2D eigenvalue weighted by atomic mass is 9.97. The number of alkyl halides is 3. The van der Waals surface area contributed by atoms with Gasteiger partial charge in [0.05, 0.1) is 5.56 Å². The maximum absolute atomic E-state index is 13.1. The van der Waals surface area contributed by atoms with Crippen molar-refractivity contribution in [3.63, 3.8) is 0 Å². The van der Waals surface area contributed by atoms with Gasteiger partial charge in [-0.3, -0.25) is 4.90 Å². The van der Waals surface area contributed by atoms with Crippen molar-refractivity contribution in [2.75, 3.05) is 26.2 Å². The normalized spacial score (nSPS) is 18.4. The lowest BCUT2D eigenvalue weighted by Gasteiger charge is -2.35. The molecule has 0 spiro atoms. The molecule has 6 heteroatoms. The molecule has 1 heterocycles. The number of nitrogens with zero attached hydrogens (tertiary/aromatic N) is 1. The lowest BCUT2D eigenvalue weighted by molar-refractivity contribution is -0.137. The summed E-state index contributed by atoms with van der Waals surface area (Å²) < 4.78 is 39.7. The lowest BCUT2D eigenvalue weighted by Crippen LogP contribution is -2.45. The van der Waals surface area contributed by atoms with Crippen LogP contribution in [0.3, 0.4) is 0 Å². The fourth-order valence-corrected chi connectivity index (χ4v) is 3.43. The van der Waals surface area contributed by atoms with Crippen molar-refractivity contribution in [1.82, 2.24) is 10.2 Å². The molecule has 2 rings (SSSR count). The highest BCUT2D eigenvalue weighted by molar-refractivity contribution is 9.10. The Balaban J connectivity index is 2.31. The second-order valence-corrected chi connectivity index (χ2v) is 6.63. The average Bonchev–Trinajstić information content (AvgIpc) is 2.47. The summed E-state index contributed by atoms with van der Waals surface area (Å²) in [5.74, 6) is 0. The van der Waals surface area contributed by atoms with Crippen LogP contribution >= 0.6 is 15.9 Å². The van der Waals surface area contributed by atoms with Crippen LogP contribution in [-0.4, -0.2) is 31.1 Å². The predicted octanol–water partition coefficient (Wildman–Crippen LogP) is 4.60. The topological polar surface area (TPSA) is 15.3 Å². The number of hydrogen-bond acceptors (Lipinski definition) is 2. The zero-order chi connectivity index (χ0) is 16.2. The number of rotatable bonds is 5. The monoisotopic (exact) mass is 378 g/mol. The Morgan fingerprint density at radius 2 is 1.91 bits per heavy atom. The second-order valence-electron chi connectivity index (χ2n) is 5.71. The highest BCUT2D eigenvalue weighted by Gasteiger charge is 2.32. The number of piperazine rings is 1. The molecule has 0 amide bonds. The van der Waals surface area contributed by atoms with Crippen LogP contribution in [0.4, 0.5) is 13.2 Å². The third kappa shape index (κ3) is 4.70. The molecule has 124 valence electrons. The summed E-state index contributed by atoms with van der Waals surface area (Å²) in [6.07, 6.45) is -1.35. The molecule has 22 heavy (non-hydrogen) atoms. The molecule has 1 aromatic rings. The van der Waals surface area contributed by atoms with E-state index in [1.54, 1.807) is 0 Å². The van der Waals surface area contributed by atoms with E-state index in [-0.39, 0.29) is 6.04 Å². The van der Waals surface area contributed by atoms with Crippen LogP contribution in [0, 0.1) is 0 Å². The number of nitrogens with one attached hydrogen (secondary N) is 1. The summed E-state index contributed by atoms with van der Waals surface area (Å²) in [5, 5.41) is 3.29. The minimum Gasteiger partial charge on any atom is -0.314 e. The Kier molecular flexibility index (Phi) is 6.29. The quantitative estimate of drug-likeness (QED) is 0.804. The van der Waals surface area contributed by atoms with Gasteiger partial charge in [0.1, 0.15) is 0 Å². The average molecular weight is 379 g/mol. The zero-order valence-electron chi connectivity index (χ0n) is 12.7. The highest BCUT2D eigenvalue weighted by Crippen LogP contribution is 2.36. The molecule has 1 N–H and O–H groups in total. The minimum atomic E-state index is -4.31. The number of unbranched alkanes of at least 4 members (excludes halogenated alkanes) is 1. The Morgan fingerprint density at radius 1 is 1.23 bits per heavy atom. The first-order valence-electron chi connectivity index (χ1n) is 7.74. The van der Waals surface area contributed by atoms with Gasteiger partial charge in [-0.2, -0.15) is 13.2 Å². The van der Waals surface area contributed by atoms with Gasteiger partial charge in [0, 0.05) is 36.7 Å². The van der Waals surface area contributed by atoms with Crippen LogP contribution in [-0.2, 0) is 6.18 Å². The van der Waals surface area contributed by atoms with Crippen molar-refractivity contribution in [3.05, 3.63) is 33.8 Å². The fraction of sp³-hybridized carbons (Fsp3) is 0.625. The van der Waals surface area contributed by atoms with Crippen LogP contribution in [0.1, 0.15) is 43.4 Å². The van der Waals surface area contributed by atoms with Gasteiger partial charge in [-0.05, 0) is 30.2 Å². The van der Waals surface area contributed by atoms with Crippen LogP contribution in [0.15, 0.2) is 22.7 Å². The summed E-state index contributed by atoms with van der Waals surface area (Å²) in [7, 11) is 0. The van der Waals surface area contributed by atoms with Gasteiger partial charge in [0.25, 0.3) is 0 Å². The largest absolute Gasteiger partial charge is 0.416 e. The van der Waals surface area contributed by atoms with Crippen LogP contribution in [0.5, 0.6) is 0 Å². The molecule has 1 aliphatic heterocycles. The third-order valence-electron chi connectivity index (χ3n) is 4.06. The first-order chi connectivity index (χ1) is 10.4. The van der Waals surface area contributed by atoms with Gasteiger partial charge in [0.15, 0.2) is 0 Å². The second kappa shape index (κ2) is 7.79. The molecule has 0 bridgehead atoms. The van der Waals surface area contributed by atoms with Gasteiger partial charge >= 0.3 is 6.18 Å². The van der Waals surface area contributed by atoms with Gasteiger partial charge in [-0.1, -0.05) is 35.7 Å². The van der Waals surface area contributed by atoms with Gasteiger partial charge in [-0.15, -0.1) is 0 Å². The fourth-order valence-electron chi connectivity index (χ4n) is 2.92. The highest BCUT2D eigenvalue weighted by atomic mass is 79.9. The first kappa shape index (κ1) is 17.8. The Labute approximate surface area is 138 Å². The molecule has 1 aromatic carbocycles. The zero-order valence-corrected chi connectivity index (χ0v) is 14.3. The van der Waals surface area contributed by atoms with Crippen LogP contribution in [0.2, 0.25) is 0 Å². The molecule has 0 radical (unpaired) electrons. The SMILES string of the molecule is CCCC[C@H](c1cc(Br)cc(C(F)(F)F)c1)N1CCNCC1. The van der Waals surface area contributed by atoms with E-state index in [0.29, 0.717) is 4.47 Å². The smallest absolute Gasteiger partial charge is 0.314 e. The Hall–Kier alpha value is -0.590. The molecule has 1 saturated heterocycles. The maximum atomic E-state index is 13.1. The first-order valence-corrected chi connectivity index (χ1v) is 8.53. The molecule has 2 nitrogen and oxygen atoms in total. The standard InChI is InChI=1S/C16H22BrF3N2/c1-2-3-4-15(22-7-5-21-6-8-22)12-9-13(16(18,19)20)11-14(17)10-12/h9-11,15,21H,2-8H2,1H3/t15-/m1/s1. The summed E-state index contributed by atoms with van der Waals surface area (Å²) in [4.78, 5) is 2.30. The maximum Gasteiger partial charge on any atom is 0.416 e. The third-order valence-corrected chi connectivity index (χ3v) is 4.51. The molecule has 1 aliphatic rings. The van der Waals surface area contributed by atoms with Crippen LogP contribution in [0.25, 0.3) is 0 Å². The van der Waals surface area contributed by atoms with E-state index >= 15 is 0 Å². The van der Waals surface area contributed by atoms with Crippen molar-refractivity contribution >= 4 is 15.9 Å². The van der Waals surface area contributed by atoms with E-state index in [1.807, 2.05) is 6.07 Å². The molecule has 1 fully saturated rings. The van der Waals surface area contributed by atoms with Crippen LogP contribution < -0.4 is 5.32 Å². The summed E-state index contributed by atoms with van der Waals surface area (Å²) >= 11 is 3.24. The molecular formula is C16H22BrF3N2. The Morgan fingerprint density at radius 3 is 2.50 bits per heavy atom. The van der Waals surface area contributed by atoms with E-state index < -0.39 is 11.7 Å². The van der Waals surface area contributed by atoms with E-state index in [1.165, 1.54) is 6.07 Å². The molecule has 0 aromatic heterocycles. The summed E-state index contributed by atoms with van der Waals surface area (Å²) in [6, 6.07) is 4.35. The predicted molar refractivity (Wildman–Crippen MR) is 85.9 cm³/mol. The Bertz CT molecular complexity index is 485. The van der Waals surface area contributed by atoms with Crippen molar-refractivity contribution in [2.24, 2.45) is 0 Å². The van der Waals surface area contributed by atoms with Crippen molar-refractivity contribution in [3.8, 4) is 0 Å². The number of halogens is 4. The van der Waals surface area contributed by atoms with Gasteiger partial charge < -0.3 is 5.32 Å². The van der Waals surface area contributed by atoms with Crippen molar-refractivity contribution in [1.29, 1.82) is 0 Å². The van der Waals surface area contributed by atoms with Gasteiger partial charge in [0.2, 0.25) is 0 Å². The summed E-state index contributed by atoms with van der Waals surface area (Å²) in [6.45, 7) is 5.65. The summed E-state index contributed by atoms with van der Waals surface area (Å²) in [5.41, 5.74) is 0.186. The van der Waals surface area contributed by atoms with E-state index in [0.717, 1.165) is 57.1 Å². The molecule has 1 atom stereocenters. The number of hydrogen-bond donors (Lipinski definition) is 1. The van der Waals surface area contributed by atoms with E-state index in [2.05, 4.69) is 33.1 Å². The van der Waals surface area contributed by atoms with Gasteiger partial charge in [-0.25, -0.2) is 0 Å². The minimum absolute atomic E-state index is 0.0562. The van der Waals surface area contributed by atoms with Crippen molar-refractivity contribution in [2.45, 2.75) is 38.4 Å². The molecule has 0 aliphatic carbocycles.